The van der Waals surface area contributed by atoms with Gasteiger partial charge in [-0.3, -0.25) is 9.59 Å². The van der Waals surface area contributed by atoms with Crippen LogP contribution in [0.2, 0.25) is 10.0 Å². The smallest absolute Gasteiger partial charge is 0.264 e. The first kappa shape index (κ1) is 17.8. The molecule has 0 aliphatic rings. The highest BCUT2D eigenvalue weighted by Gasteiger charge is 2.19. The van der Waals surface area contributed by atoms with Crippen molar-refractivity contribution in [2.75, 3.05) is 18.4 Å². The molecule has 1 aromatic heterocycles. The molecule has 0 aliphatic carbocycles. The first-order valence-electron chi connectivity index (χ1n) is 7.09. The van der Waals surface area contributed by atoms with Crippen molar-refractivity contribution in [3.8, 4) is 0 Å². The molecule has 0 saturated heterocycles. The van der Waals surface area contributed by atoms with Gasteiger partial charge in [-0.05, 0) is 36.1 Å². The van der Waals surface area contributed by atoms with E-state index < -0.39 is 0 Å². The van der Waals surface area contributed by atoms with Gasteiger partial charge in [0.05, 0.1) is 15.6 Å². The Morgan fingerprint density at radius 2 is 2.04 bits per heavy atom. The van der Waals surface area contributed by atoms with E-state index in [4.69, 9.17) is 23.2 Å². The molecule has 2 rings (SSSR count). The van der Waals surface area contributed by atoms with Crippen LogP contribution in [0.4, 0.5) is 5.69 Å². The summed E-state index contributed by atoms with van der Waals surface area (Å²) in [5.41, 5.74) is 0.473. The quantitative estimate of drug-likeness (QED) is 0.810. The second-order valence-corrected chi connectivity index (χ2v) is 6.67. The van der Waals surface area contributed by atoms with E-state index in [-0.39, 0.29) is 18.4 Å². The number of hydrogen-bond donors (Lipinski definition) is 1. The second-order valence-electron chi connectivity index (χ2n) is 4.88. The number of nitrogens with zero attached hydrogens (tertiary/aromatic N) is 1. The van der Waals surface area contributed by atoms with Crippen LogP contribution in [0.25, 0.3) is 0 Å². The summed E-state index contributed by atoms with van der Waals surface area (Å²) in [7, 11) is 0. The van der Waals surface area contributed by atoms with Crippen molar-refractivity contribution in [2.24, 2.45) is 0 Å². The van der Waals surface area contributed by atoms with Gasteiger partial charge in [-0.1, -0.05) is 36.2 Å². The van der Waals surface area contributed by atoms with Crippen LogP contribution in [0.5, 0.6) is 0 Å². The molecule has 0 fully saturated rings. The Labute approximate surface area is 149 Å². The summed E-state index contributed by atoms with van der Waals surface area (Å²) in [4.78, 5) is 26.8. The third-order valence-electron chi connectivity index (χ3n) is 3.05. The molecule has 1 aromatic carbocycles. The van der Waals surface area contributed by atoms with E-state index in [9.17, 15) is 9.59 Å². The molecule has 0 bridgehead atoms. The van der Waals surface area contributed by atoms with Gasteiger partial charge in [0, 0.05) is 11.6 Å². The Morgan fingerprint density at radius 3 is 2.65 bits per heavy atom. The Hall–Kier alpha value is -1.56. The summed E-state index contributed by atoms with van der Waals surface area (Å²) in [5.74, 6) is -0.438. The summed E-state index contributed by atoms with van der Waals surface area (Å²) in [6, 6.07) is 8.40. The van der Waals surface area contributed by atoms with Crippen LogP contribution in [0.1, 0.15) is 23.0 Å². The molecule has 4 nitrogen and oxygen atoms in total. The van der Waals surface area contributed by atoms with E-state index >= 15 is 0 Å². The van der Waals surface area contributed by atoms with E-state index in [1.165, 1.54) is 16.2 Å². The molecule has 0 radical (unpaired) electrons. The zero-order chi connectivity index (χ0) is 16.8. The molecule has 0 aliphatic heterocycles. The maximum atomic E-state index is 12.4. The van der Waals surface area contributed by atoms with Crippen LogP contribution in [-0.2, 0) is 4.79 Å². The number of thiophene rings is 1. The molecule has 0 spiro atoms. The molecule has 1 heterocycles. The number of rotatable bonds is 6. The number of benzene rings is 1. The highest BCUT2D eigenvalue weighted by atomic mass is 35.5. The highest BCUT2D eigenvalue weighted by molar-refractivity contribution is 7.12. The lowest BCUT2D eigenvalue weighted by Gasteiger charge is -2.21. The monoisotopic (exact) mass is 370 g/mol. The minimum Gasteiger partial charge on any atom is -0.329 e. The van der Waals surface area contributed by atoms with Crippen LogP contribution in [-0.4, -0.2) is 29.8 Å². The van der Waals surface area contributed by atoms with E-state index in [1.807, 2.05) is 18.4 Å². The molecule has 2 aromatic rings. The van der Waals surface area contributed by atoms with Gasteiger partial charge in [-0.2, -0.15) is 0 Å². The van der Waals surface area contributed by atoms with Gasteiger partial charge in [-0.25, -0.2) is 0 Å². The first-order chi connectivity index (χ1) is 11.0. The van der Waals surface area contributed by atoms with Crippen molar-refractivity contribution in [1.82, 2.24) is 4.90 Å². The largest absolute Gasteiger partial charge is 0.329 e. The molecular formula is C16H16Cl2N2O2S. The third kappa shape index (κ3) is 4.96. The Morgan fingerprint density at radius 1 is 1.26 bits per heavy atom. The number of halogens is 2. The maximum Gasteiger partial charge on any atom is 0.264 e. The molecule has 7 heteroatoms. The van der Waals surface area contributed by atoms with Gasteiger partial charge in [-0.15, -0.1) is 11.3 Å². The van der Waals surface area contributed by atoms with Gasteiger partial charge in [0.25, 0.3) is 5.91 Å². The molecule has 0 atom stereocenters. The summed E-state index contributed by atoms with van der Waals surface area (Å²) >= 11 is 13.2. The zero-order valence-electron chi connectivity index (χ0n) is 12.5. The normalized spacial score (nSPS) is 10.4. The van der Waals surface area contributed by atoms with Crippen molar-refractivity contribution < 1.29 is 9.59 Å². The Balaban J connectivity index is 2.04. The number of amides is 2. The molecular weight excluding hydrogens is 355 g/mol. The molecule has 1 N–H and O–H groups in total. The average molecular weight is 371 g/mol. The van der Waals surface area contributed by atoms with Gasteiger partial charge in [0.1, 0.15) is 6.54 Å². The fraction of sp³-hybridized carbons (Fsp3) is 0.250. The van der Waals surface area contributed by atoms with Crippen molar-refractivity contribution >= 4 is 52.0 Å². The van der Waals surface area contributed by atoms with E-state index in [0.29, 0.717) is 27.2 Å². The van der Waals surface area contributed by atoms with E-state index in [2.05, 4.69) is 5.32 Å². The molecule has 0 unspecified atom stereocenters. The van der Waals surface area contributed by atoms with Crippen molar-refractivity contribution in [1.29, 1.82) is 0 Å². The molecule has 122 valence electrons. The van der Waals surface area contributed by atoms with Crippen LogP contribution in [0.3, 0.4) is 0 Å². The summed E-state index contributed by atoms with van der Waals surface area (Å²) in [5, 5.41) is 5.40. The Bertz CT molecular complexity index is 689. The predicted molar refractivity (Wildman–Crippen MR) is 95.6 cm³/mol. The second kappa shape index (κ2) is 8.34. The van der Waals surface area contributed by atoms with Crippen molar-refractivity contribution in [3.63, 3.8) is 0 Å². The number of anilines is 1. The summed E-state index contributed by atoms with van der Waals surface area (Å²) < 4.78 is 0. The summed E-state index contributed by atoms with van der Waals surface area (Å²) in [6.07, 6.45) is 0.770. The zero-order valence-corrected chi connectivity index (χ0v) is 14.8. The number of nitrogens with one attached hydrogen (secondary N) is 1. The van der Waals surface area contributed by atoms with Crippen LogP contribution >= 0.6 is 34.5 Å². The molecule has 0 saturated carbocycles. The van der Waals surface area contributed by atoms with E-state index in [0.717, 1.165) is 6.42 Å². The summed E-state index contributed by atoms with van der Waals surface area (Å²) in [6.45, 7) is 2.45. The van der Waals surface area contributed by atoms with Crippen molar-refractivity contribution in [3.05, 3.63) is 50.6 Å². The number of hydrogen-bond acceptors (Lipinski definition) is 3. The standard InChI is InChI=1S/C16H16Cl2N2O2S/c1-2-7-20(16(22)14-4-3-8-23-14)10-15(21)19-13-6-5-11(17)9-12(13)18/h3-6,8-9H,2,7,10H2,1H3,(H,19,21). The third-order valence-corrected chi connectivity index (χ3v) is 4.46. The number of carbonyl (C=O) groups excluding carboxylic acids is 2. The fourth-order valence-corrected chi connectivity index (χ4v) is 3.18. The SMILES string of the molecule is CCCN(CC(=O)Nc1ccc(Cl)cc1Cl)C(=O)c1cccs1. The van der Waals surface area contributed by atoms with Gasteiger partial charge in [0.15, 0.2) is 0 Å². The van der Waals surface area contributed by atoms with Crippen LogP contribution in [0, 0.1) is 0 Å². The minimum atomic E-state index is -0.299. The lowest BCUT2D eigenvalue weighted by atomic mass is 10.3. The molecule has 2 amide bonds. The molecule has 23 heavy (non-hydrogen) atoms. The average Bonchev–Trinajstić information content (AvgIpc) is 3.03. The first-order valence-corrected chi connectivity index (χ1v) is 8.72. The van der Waals surface area contributed by atoms with Crippen molar-refractivity contribution in [2.45, 2.75) is 13.3 Å². The Kier molecular flexibility index (Phi) is 6.45. The lowest BCUT2D eigenvalue weighted by Crippen LogP contribution is -2.38. The number of carbonyl (C=O) groups is 2. The lowest BCUT2D eigenvalue weighted by molar-refractivity contribution is -0.116. The highest BCUT2D eigenvalue weighted by Crippen LogP contribution is 2.25. The van der Waals surface area contributed by atoms with Gasteiger partial charge in [0.2, 0.25) is 5.91 Å². The fourth-order valence-electron chi connectivity index (χ4n) is 2.03. The van der Waals surface area contributed by atoms with Crippen LogP contribution in [0.15, 0.2) is 35.7 Å². The van der Waals surface area contributed by atoms with Gasteiger partial charge < -0.3 is 10.2 Å². The predicted octanol–water partition coefficient (Wildman–Crippen LogP) is 4.55. The van der Waals surface area contributed by atoms with E-state index in [1.54, 1.807) is 24.3 Å². The maximum absolute atomic E-state index is 12.4. The minimum absolute atomic E-state index is 0.0243. The van der Waals surface area contributed by atoms with Gasteiger partial charge >= 0.3 is 0 Å². The van der Waals surface area contributed by atoms with Crippen LogP contribution < -0.4 is 5.32 Å². The topological polar surface area (TPSA) is 49.4 Å².